The summed E-state index contributed by atoms with van der Waals surface area (Å²) in [5.41, 5.74) is 0. The van der Waals surface area contributed by atoms with E-state index in [0.29, 0.717) is 11.6 Å². The molecule has 1 rings (SSSR count). The van der Waals surface area contributed by atoms with Crippen LogP contribution in [0.15, 0.2) is 21.6 Å². The van der Waals surface area contributed by atoms with E-state index in [1.54, 1.807) is 17.5 Å². The number of halogens is 2. The zero-order chi connectivity index (χ0) is 9.84. The third-order valence-corrected chi connectivity index (χ3v) is 3.26. The second kappa shape index (κ2) is 5.10. The number of aromatic nitrogens is 1. The molecule has 13 heavy (non-hydrogen) atoms. The van der Waals surface area contributed by atoms with Gasteiger partial charge in [-0.15, -0.1) is 11.3 Å². The topological polar surface area (TPSA) is 24.9 Å². The van der Waals surface area contributed by atoms with E-state index in [9.17, 15) is 0 Å². The first-order valence-corrected chi connectivity index (χ1v) is 5.76. The van der Waals surface area contributed by atoms with Crippen molar-refractivity contribution >= 4 is 38.9 Å². The van der Waals surface area contributed by atoms with Crippen molar-refractivity contribution in [2.75, 3.05) is 6.54 Å². The molecule has 1 atom stereocenters. The van der Waals surface area contributed by atoms with Gasteiger partial charge in [0, 0.05) is 11.6 Å². The van der Waals surface area contributed by atoms with Crippen molar-refractivity contribution in [1.29, 1.82) is 0 Å². The molecule has 1 aromatic rings. The summed E-state index contributed by atoms with van der Waals surface area (Å²) >= 11 is 10.6. The maximum absolute atomic E-state index is 5.63. The van der Waals surface area contributed by atoms with Crippen LogP contribution < -0.4 is 5.32 Å². The molecule has 0 saturated heterocycles. The summed E-state index contributed by atoms with van der Waals surface area (Å²) in [6.07, 6.45) is 1.80. The van der Waals surface area contributed by atoms with E-state index in [1.165, 1.54) is 0 Å². The first-order chi connectivity index (χ1) is 6.09. The Kier molecular flexibility index (Phi) is 4.38. The predicted molar refractivity (Wildman–Crippen MR) is 61.2 cm³/mol. The molecular weight excluding hydrogens is 272 g/mol. The lowest BCUT2D eigenvalue weighted by Gasteiger charge is -2.09. The molecule has 0 aliphatic carbocycles. The number of nitrogens with zero attached hydrogens (tertiary/aromatic N) is 1. The lowest BCUT2D eigenvalue weighted by atomic mass is 10.3. The van der Waals surface area contributed by atoms with Crippen molar-refractivity contribution < 1.29 is 0 Å². The minimum atomic E-state index is 0.215. The SMILES string of the molecule is C=C(Cl)CNC(C)c1ncc(Br)s1. The van der Waals surface area contributed by atoms with Gasteiger partial charge in [-0.1, -0.05) is 18.2 Å². The van der Waals surface area contributed by atoms with E-state index in [0.717, 1.165) is 8.79 Å². The Balaban J connectivity index is 2.48. The average molecular weight is 282 g/mol. The minimum absolute atomic E-state index is 0.215. The first kappa shape index (κ1) is 11.2. The summed E-state index contributed by atoms with van der Waals surface area (Å²) in [6, 6.07) is 0.215. The van der Waals surface area contributed by atoms with E-state index < -0.39 is 0 Å². The molecule has 1 N–H and O–H groups in total. The van der Waals surface area contributed by atoms with E-state index in [-0.39, 0.29) is 6.04 Å². The summed E-state index contributed by atoms with van der Waals surface area (Å²) in [5.74, 6) is 0. The molecule has 5 heteroatoms. The smallest absolute Gasteiger partial charge is 0.110 e. The third kappa shape index (κ3) is 3.77. The van der Waals surface area contributed by atoms with Gasteiger partial charge >= 0.3 is 0 Å². The Hall–Kier alpha value is 0.1000. The fourth-order valence-corrected chi connectivity index (χ4v) is 2.17. The van der Waals surface area contributed by atoms with Crippen molar-refractivity contribution in [3.8, 4) is 0 Å². The molecule has 0 bridgehead atoms. The van der Waals surface area contributed by atoms with Gasteiger partial charge in [-0.25, -0.2) is 4.98 Å². The van der Waals surface area contributed by atoms with Crippen molar-refractivity contribution in [3.63, 3.8) is 0 Å². The second-order valence-corrected chi connectivity index (χ2v) is 5.60. The van der Waals surface area contributed by atoms with Crippen LogP contribution in [0.25, 0.3) is 0 Å². The fourth-order valence-electron chi connectivity index (χ4n) is 0.818. The maximum atomic E-state index is 5.63. The quantitative estimate of drug-likeness (QED) is 0.916. The molecule has 0 saturated carbocycles. The Morgan fingerprint density at radius 3 is 3.08 bits per heavy atom. The van der Waals surface area contributed by atoms with Gasteiger partial charge in [0.25, 0.3) is 0 Å². The minimum Gasteiger partial charge on any atom is -0.303 e. The summed E-state index contributed by atoms with van der Waals surface area (Å²) in [4.78, 5) is 4.23. The Labute approximate surface area is 95.1 Å². The zero-order valence-corrected chi connectivity index (χ0v) is 10.3. The first-order valence-electron chi connectivity index (χ1n) is 3.77. The van der Waals surface area contributed by atoms with Gasteiger partial charge in [0.05, 0.1) is 16.0 Å². The highest BCUT2D eigenvalue weighted by atomic mass is 79.9. The molecule has 0 aliphatic heterocycles. The van der Waals surface area contributed by atoms with Crippen molar-refractivity contribution in [1.82, 2.24) is 10.3 Å². The van der Waals surface area contributed by atoms with Crippen molar-refractivity contribution in [2.24, 2.45) is 0 Å². The van der Waals surface area contributed by atoms with Crippen LogP contribution in [-0.4, -0.2) is 11.5 Å². The average Bonchev–Trinajstić information content (AvgIpc) is 2.47. The van der Waals surface area contributed by atoms with Crippen LogP contribution in [-0.2, 0) is 0 Å². The van der Waals surface area contributed by atoms with Gasteiger partial charge in [-0.2, -0.15) is 0 Å². The van der Waals surface area contributed by atoms with E-state index >= 15 is 0 Å². The number of hydrogen-bond donors (Lipinski definition) is 1. The van der Waals surface area contributed by atoms with Gasteiger partial charge in [-0.3, -0.25) is 0 Å². The van der Waals surface area contributed by atoms with Crippen LogP contribution in [0.4, 0.5) is 0 Å². The van der Waals surface area contributed by atoms with Crippen molar-refractivity contribution in [3.05, 3.63) is 26.6 Å². The highest BCUT2D eigenvalue weighted by molar-refractivity contribution is 9.11. The maximum Gasteiger partial charge on any atom is 0.110 e. The Morgan fingerprint density at radius 2 is 2.62 bits per heavy atom. The monoisotopic (exact) mass is 280 g/mol. The van der Waals surface area contributed by atoms with E-state index in [1.807, 2.05) is 6.92 Å². The van der Waals surface area contributed by atoms with Gasteiger partial charge in [0.1, 0.15) is 5.01 Å². The summed E-state index contributed by atoms with van der Waals surface area (Å²) in [6.45, 7) is 6.26. The number of hydrogen-bond acceptors (Lipinski definition) is 3. The normalized spacial score (nSPS) is 12.8. The van der Waals surface area contributed by atoms with Crippen LogP contribution >= 0.6 is 38.9 Å². The summed E-state index contributed by atoms with van der Waals surface area (Å²) in [5, 5.41) is 4.87. The number of rotatable bonds is 4. The summed E-state index contributed by atoms with van der Waals surface area (Å²) in [7, 11) is 0. The molecule has 0 aliphatic rings. The van der Waals surface area contributed by atoms with Gasteiger partial charge in [0.15, 0.2) is 0 Å². The number of nitrogens with one attached hydrogen (secondary N) is 1. The summed E-state index contributed by atoms with van der Waals surface area (Å²) < 4.78 is 1.04. The predicted octanol–water partition coefficient (Wildman–Crippen LogP) is 3.31. The van der Waals surface area contributed by atoms with Gasteiger partial charge in [-0.05, 0) is 22.9 Å². The molecule has 0 aromatic carbocycles. The molecule has 1 heterocycles. The van der Waals surface area contributed by atoms with Crippen LogP contribution in [0.1, 0.15) is 18.0 Å². The van der Waals surface area contributed by atoms with Crippen LogP contribution in [0.2, 0.25) is 0 Å². The molecule has 2 nitrogen and oxygen atoms in total. The number of thiazole rings is 1. The largest absolute Gasteiger partial charge is 0.303 e. The fraction of sp³-hybridized carbons (Fsp3) is 0.375. The van der Waals surface area contributed by atoms with Gasteiger partial charge in [0.2, 0.25) is 0 Å². The Morgan fingerprint density at radius 1 is 1.92 bits per heavy atom. The van der Waals surface area contributed by atoms with Crippen LogP contribution in [0, 0.1) is 0 Å². The lowest BCUT2D eigenvalue weighted by molar-refractivity contribution is 0.611. The highest BCUT2D eigenvalue weighted by Gasteiger charge is 2.08. The molecule has 1 unspecified atom stereocenters. The van der Waals surface area contributed by atoms with Crippen LogP contribution in [0.3, 0.4) is 0 Å². The second-order valence-electron chi connectivity index (χ2n) is 2.62. The Bertz CT molecular complexity index is 300. The lowest BCUT2D eigenvalue weighted by Crippen LogP contribution is -2.19. The van der Waals surface area contributed by atoms with E-state index in [4.69, 9.17) is 11.6 Å². The molecule has 0 radical (unpaired) electrons. The molecule has 72 valence electrons. The molecule has 1 aromatic heterocycles. The van der Waals surface area contributed by atoms with Gasteiger partial charge < -0.3 is 5.32 Å². The third-order valence-electron chi connectivity index (χ3n) is 1.47. The molecular formula is C8H10BrClN2S. The highest BCUT2D eigenvalue weighted by Crippen LogP contribution is 2.24. The standard InChI is InChI=1S/C8H10BrClN2S/c1-5(10)3-11-6(2)8-12-4-7(9)13-8/h4,6,11H,1,3H2,2H3. The van der Waals surface area contributed by atoms with E-state index in [2.05, 4.69) is 32.8 Å². The zero-order valence-electron chi connectivity index (χ0n) is 7.18. The molecule has 0 spiro atoms. The molecule has 0 fully saturated rings. The van der Waals surface area contributed by atoms with Crippen molar-refractivity contribution in [2.45, 2.75) is 13.0 Å². The van der Waals surface area contributed by atoms with Crippen LogP contribution in [0.5, 0.6) is 0 Å². The molecule has 0 amide bonds.